The Kier molecular flexibility index (Phi) is 5.76. The number of nitrogens with zero attached hydrogens (tertiary/aromatic N) is 1. The highest BCUT2D eigenvalue weighted by Gasteiger charge is 2.41. The van der Waals surface area contributed by atoms with E-state index >= 15 is 0 Å². The van der Waals surface area contributed by atoms with E-state index in [4.69, 9.17) is 4.74 Å². The number of methoxy groups -OCH3 is 1. The molecule has 1 N–H and O–H groups in total. The summed E-state index contributed by atoms with van der Waals surface area (Å²) >= 11 is 0. The van der Waals surface area contributed by atoms with E-state index < -0.39 is 29.1 Å². The van der Waals surface area contributed by atoms with Crippen molar-refractivity contribution in [3.05, 3.63) is 65.5 Å². The first-order valence-electron chi connectivity index (χ1n) is 7.21. The molecule has 0 aliphatic rings. The molecule has 0 amide bonds. The van der Waals surface area contributed by atoms with Gasteiger partial charge < -0.3 is 9.84 Å². The average molecular weight is 367 g/mol. The summed E-state index contributed by atoms with van der Waals surface area (Å²) in [4.78, 5) is 15.4. The SMILES string of the molecule is COc1ccc(/C(O)=C(\C=Nc2ccc(F)cc2)C(=O)C(F)(F)F)cc1. The topological polar surface area (TPSA) is 58.9 Å². The molecule has 0 unspecified atom stereocenters. The molecule has 0 aliphatic carbocycles. The van der Waals surface area contributed by atoms with Gasteiger partial charge in [-0.25, -0.2) is 4.39 Å². The number of ketones is 1. The van der Waals surface area contributed by atoms with Crippen LogP contribution in [0.4, 0.5) is 23.2 Å². The van der Waals surface area contributed by atoms with Crippen LogP contribution in [0.5, 0.6) is 5.75 Å². The summed E-state index contributed by atoms with van der Waals surface area (Å²) in [7, 11) is 1.40. The van der Waals surface area contributed by atoms with Gasteiger partial charge in [-0.1, -0.05) is 0 Å². The van der Waals surface area contributed by atoms with E-state index in [0.717, 1.165) is 12.1 Å². The van der Waals surface area contributed by atoms with Gasteiger partial charge in [-0.15, -0.1) is 0 Å². The van der Waals surface area contributed by atoms with Gasteiger partial charge in [-0.2, -0.15) is 13.2 Å². The molecular formula is C18H13F4NO3. The molecule has 2 rings (SSSR count). The maximum absolute atomic E-state index is 12.9. The third kappa shape index (κ3) is 4.69. The van der Waals surface area contributed by atoms with Gasteiger partial charge in [0.1, 0.15) is 17.3 Å². The lowest BCUT2D eigenvalue weighted by atomic mass is 10.0. The molecule has 136 valence electrons. The number of benzene rings is 2. The van der Waals surface area contributed by atoms with E-state index in [9.17, 15) is 27.5 Å². The molecule has 0 atom stereocenters. The van der Waals surface area contributed by atoms with Crippen LogP contribution in [-0.2, 0) is 4.79 Å². The van der Waals surface area contributed by atoms with Gasteiger partial charge >= 0.3 is 6.18 Å². The monoisotopic (exact) mass is 367 g/mol. The minimum Gasteiger partial charge on any atom is -0.506 e. The summed E-state index contributed by atoms with van der Waals surface area (Å²) in [6.45, 7) is 0. The summed E-state index contributed by atoms with van der Waals surface area (Å²) in [6, 6.07) is 9.97. The number of allylic oxidation sites excluding steroid dienone is 1. The molecule has 26 heavy (non-hydrogen) atoms. The van der Waals surface area contributed by atoms with E-state index in [1.807, 2.05) is 0 Å². The minimum absolute atomic E-state index is 0.0241. The van der Waals surface area contributed by atoms with Crippen molar-refractivity contribution in [1.82, 2.24) is 0 Å². The van der Waals surface area contributed by atoms with E-state index in [1.165, 1.54) is 43.5 Å². The second kappa shape index (κ2) is 7.81. The molecule has 0 bridgehead atoms. The lowest BCUT2D eigenvalue weighted by Crippen LogP contribution is -2.26. The Morgan fingerprint density at radius 2 is 1.65 bits per heavy atom. The summed E-state index contributed by atoms with van der Waals surface area (Å²) in [5.74, 6) is -3.27. The number of hydrogen-bond donors (Lipinski definition) is 1. The van der Waals surface area contributed by atoms with Crippen LogP contribution in [0.25, 0.3) is 5.76 Å². The normalized spacial score (nSPS) is 12.8. The second-order valence-electron chi connectivity index (χ2n) is 5.05. The van der Waals surface area contributed by atoms with Crippen molar-refractivity contribution in [2.75, 3.05) is 7.11 Å². The molecule has 2 aromatic rings. The number of aliphatic imine (C=N–C) groups is 1. The number of ether oxygens (including phenoxy) is 1. The molecule has 0 aromatic heterocycles. The standard InChI is InChI=1S/C18H13F4NO3/c1-26-14-8-2-11(3-9-14)16(24)15(17(25)18(20,21)22)10-23-13-6-4-12(19)5-7-13/h2-10,24H,1H3/b16-15-,23-10?. The van der Waals surface area contributed by atoms with Gasteiger partial charge in [-0.05, 0) is 48.5 Å². The van der Waals surface area contributed by atoms with Crippen molar-refractivity contribution in [2.45, 2.75) is 6.18 Å². The molecule has 8 heteroatoms. The Hall–Kier alpha value is -3.16. The quantitative estimate of drug-likeness (QED) is 0.363. The van der Waals surface area contributed by atoms with Gasteiger partial charge in [-0.3, -0.25) is 9.79 Å². The van der Waals surface area contributed by atoms with Crippen LogP contribution >= 0.6 is 0 Å². The molecule has 0 heterocycles. The smallest absolute Gasteiger partial charge is 0.455 e. The third-order valence-corrected chi connectivity index (χ3v) is 3.29. The zero-order valence-corrected chi connectivity index (χ0v) is 13.4. The molecule has 0 spiro atoms. The van der Waals surface area contributed by atoms with Gasteiger partial charge in [0.2, 0.25) is 0 Å². The van der Waals surface area contributed by atoms with E-state index in [1.54, 1.807) is 0 Å². The molecule has 2 aromatic carbocycles. The first kappa shape index (κ1) is 19.2. The second-order valence-corrected chi connectivity index (χ2v) is 5.05. The molecule has 0 radical (unpaired) electrons. The highest BCUT2D eigenvalue weighted by atomic mass is 19.4. The highest BCUT2D eigenvalue weighted by Crippen LogP contribution is 2.26. The van der Waals surface area contributed by atoms with Crippen LogP contribution < -0.4 is 4.74 Å². The number of Topliss-reactive ketones (excluding diaryl/α,β-unsaturated/α-hetero) is 1. The third-order valence-electron chi connectivity index (χ3n) is 3.29. The maximum atomic E-state index is 12.9. The maximum Gasteiger partial charge on any atom is 0.455 e. The molecule has 0 aliphatic heterocycles. The summed E-state index contributed by atoms with van der Waals surface area (Å²) in [6.07, 6.45) is -4.60. The summed E-state index contributed by atoms with van der Waals surface area (Å²) < 4.78 is 56.3. The number of carbonyl (C=O) groups is 1. The first-order valence-corrected chi connectivity index (χ1v) is 7.21. The van der Waals surface area contributed by atoms with Crippen molar-refractivity contribution in [3.8, 4) is 5.75 Å². The van der Waals surface area contributed by atoms with Crippen LogP contribution in [0.3, 0.4) is 0 Å². The number of hydrogen-bond acceptors (Lipinski definition) is 4. The number of aliphatic hydroxyl groups excluding tert-OH is 1. The fraction of sp³-hybridized carbons (Fsp3) is 0.111. The predicted octanol–water partition coefficient (Wildman–Crippen LogP) is 4.64. The Balaban J connectivity index is 2.48. The number of aliphatic hydroxyl groups is 1. The van der Waals surface area contributed by atoms with Crippen LogP contribution in [0, 0.1) is 5.82 Å². The lowest BCUT2D eigenvalue weighted by Gasteiger charge is -2.09. The molecule has 0 fully saturated rings. The zero-order valence-electron chi connectivity index (χ0n) is 13.4. The van der Waals surface area contributed by atoms with Crippen LogP contribution in [0.2, 0.25) is 0 Å². The van der Waals surface area contributed by atoms with E-state index in [-0.39, 0.29) is 11.3 Å². The molecule has 0 saturated heterocycles. The Morgan fingerprint density at radius 3 is 2.15 bits per heavy atom. The molecule has 0 saturated carbocycles. The molecule has 4 nitrogen and oxygen atoms in total. The van der Waals surface area contributed by atoms with Gasteiger partial charge in [0.05, 0.1) is 18.4 Å². The van der Waals surface area contributed by atoms with Crippen LogP contribution in [0.15, 0.2) is 59.1 Å². The zero-order chi connectivity index (χ0) is 19.3. The van der Waals surface area contributed by atoms with E-state index in [2.05, 4.69) is 4.99 Å². The fourth-order valence-corrected chi connectivity index (χ4v) is 1.95. The lowest BCUT2D eigenvalue weighted by molar-refractivity contribution is -0.165. The fourth-order valence-electron chi connectivity index (χ4n) is 1.95. The van der Waals surface area contributed by atoms with Gasteiger partial charge in [0.25, 0.3) is 5.78 Å². The average Bonchev–Trinajstić information content (AvgIpc) is 2.62. The number of carbonyl (C=O) groups excluding carboxylic acids is 1. The predicted molar refractivity (Wildman–Crippen MR) is 88.2 cm³/mol. The number of halogens is 4. The molecular weight excluding hydrogens is 354 g/mol. The number of rotatable bonds is 5. The Bertz CT molecular complexity index is 838. The van der Waals surface area contributed by atoms with Crippen molar-refractivity contribution < 1.29 is 32.2 Å². The largest absolute Gasteiger partial charge is 0.506 e. The van der Waals surface area contributed by atoms with Gasteiger partial charge in [0.15, 0.2) is 0 Å². The van der Waals surface area contributed by atoms with Crippen LogP contribution in [-0.4, -0.2) is 30.4 Å². The van der Waals surface area contributed by atoms with Crippen LogP contribution in [0.1, 0.15) is 5.56 Å². The Labute approximate surface area is 146 Å². The number of alkyl halides is 3. The summed E-state index contributed by atoms with van der Waals surface area (Å²) in [5, 5.41) is 10.2. The van der Waals surface area contributed by atoms with Crippen molar-refractivity contribution in [1.29, 1.82) is 0 Å². The van der Waals surface area contributed by atoms with Crippen molar-refractivity contribution >= 4 is 23.4 Å². The highest BCUT2D eigenvalue weighted by molar-refractivity contribution is 6.20. The first-order chi connectivity index (χ1) is 12.2. The minimum atomic E-state index is -5.20. The summed E-state index contributed by atoms with van der Waals surface area (Å²) in [5.41, 5.74) is -0.947. The van der Waals surface area contributed by atoms with E-state index in [0.29, 0.717) is 12.0 Å². The van der Waals surface area contributed by atoms with Crippen molar-refractivity contribution in [2.24, 2.45) is 4.99 Å². The van der Waals surface area contributed by atoms with Gasteiger partial charge in [0, 0.05) is 11.8 Å². The van der Waals surface area contributed by atoms with Crippen molar-refractivity contribution in [3.63, 3.8) is 0 Å². The Morgan fingerprint density at radius 1 is 1.08 bits per heavy atom.